The van der Waals surface area contributed by atoms with Crippen LogP contribution in [0.25, 0.3) is 0 Å². The van der Waals surface area contributed by atoms with Gasteiger partial charge in [-0.05, 0) is 24.5 Å². The third-order valence-corrected chi connectivity index (χ3v) is 3.27. The van der Waals surface area contributed by atoms with E-state index in [4.69, 9.17) is 5.73 Å². The van der Waals surface area contributed by atoms with Crippen molar-refractivity contribution in [1.82, 2.24) is 0 Å². The molecule has 0 radical (unpaired) electrons. The lowest BCUT2D eigenvalue weighted by Gasteiger charge is -2.41. The minimum atomic E-state index is -0.349. The zero-order valence-corrected chi connectivity index (χ0v) is 8.50. The third-order valence-electron chi connectivity index (χ3n) is 3.27. The third kappa shape index (κ3) is 1.74. The van der Waals surface area contributed by atoms with E-state index in [1.165, 1.54) is 6.07 Å². The topological polar surface area (TPSA) is 43.1 Å². The van der Waals surface area contributed by atoms with Crippen LogP contribution in [0.15, 0.2) is 24.3 Å². The van der Waals surface area contributed by atoms with Crippen LogP contribution in [-0.2, 0) is 10.2 Å². The maximum absolute atomic E-state index is 13.6. The van der Waals surface area contributed by atoms with E-state index in [0.29, 0.717) is 5.56 Å². The van der Waals surface area contributed by atoms with Crippen LogP contribution in [0.4, 0.5) is 4.39 Å². The summed E-state index contributed by atoms with van der Waals surface area (Å²) in [6, 6.07) is 6.67. The molecule has 15 heavy (non-hydrogen) atoms. The molecule has 0 saturated heterocycles. The van der Waals surface area contributed by atoms with Gasteiger partial charge < -0.3 is 5.73 Å². The number of halogens is 1. The summed E-state index contributed by atoms with van der Waals surface area (Å²) in [5.41, 5.74) is 5.54. The molecular weight excluding hydrogens is 193 g/mol. The zero-order chi connectivity index (χ0) is 10.9. The summed E-state index contributed by atoms with van der Waals surface area (Å²) in [6.07, 6.45) is 3.02. The van der Waals surface area contributed by atoms with Crippen LogP contribution in [0.2, 0.25) is 0 Å². The van der Waals surface area contributed by atoms with Crippen molar-refractivity contribution in [1.29, 1.82) is 0 Å². The highest BCUT2D eigenvalue weighted by atomic mass is 19.1. The number of benzene rings is 1. The average Bonchev–Trinajstić information content (AvgIpc) is 2.12. The molecule has 1 aliphatic rings. The van der Waals surface area contributed by atoms with Crippen molar-refractivity contribution >= 4 is 5.91 Å². The summed E-state index contributed by atoms with van der Waals surface area (Å²) in [6.45, 7) is 0. The van der Waals surface area contributed by atoms with Gasteiger partial charge in [-0.25, -0.2) is 4.39 Å². The van der Waals surface area contributed by atoms with Crippen LogP contribution in [0.1, 0.15) is 31.2 Å². The van der Waals surface area contributed by atoms with E-state index in [2.05, 4.69) is 0 Å². The number of primary amides is 1. The van der Waals surface area contributed by atoms with Crippen molar-refractivity contribution < 1.29 is 9.18 Å². The molecule has 2 N–H and O–H groups in total. The lowest BCUT2D eigenvalue weighted by molar-refractivity contribution is -0.120. The molecule has 2 nitrogen and oxygen atoms in total. The largest absolute Gasteiger partial charge is 0.370 e. The normalized spacial score (nSPS) is 18.2. The van der Waals surface area contributed by atoms with Crippen molar-refractivity contribution in [2.24, 2.45) is 5.73 Å². The molecule has 1 fully saturated rings. The van der Waals surface area contributed by atoms with Crippen LogP contribution in [0, 0.1) is 5.82 Å². The first-order chi connectivity index (χ1) is 7.14. The first kappa shape index (κ1) is 10.1. The van der Waals surface area contributed by atoms with E-state index in [-0.39, 0.29) is 23.6 Å². The molecule has 0 aromatic heterocycles. The van der Waals surface area contributed by atoms with Gasteiger partial charge in [-0.1, -0.05) is 24.6 Å². The molecule has 1 amide bonds. The Kier molecular flexibility index (Phi) is 2.47. The van der Waals surface area contributed by atoms with Crippen molar-refractivity contribution in [3.63, 3.8) is 0 Å². The predicted molar refractivity (Wildman–Crippen MR) is 55.7 cm³/mol. The minimum absolute atomic E-state index is 0.224. The maximum Gasteiger partial charge on any atom is 0.218 e. The molecule has 3 heteroatoms. The van der Waals surface area contributed by atoms with Crippen LogP contribution >= 0.6 is 0 Å². The van der Waals surface area contributed by atoms with Gasteiger partial charge in [0.25, 0.3) is 0 Å². The summed E-state index contributed by atoms with van der Waals surface area (Å²) < 4.78 is 13.6. The maximum atomic E-state index is 13.6. The van der Waals surface area contributed by atoms with Crippen molar-refractivity contribution in [2.75, 3.05) is 0 Å². The second-order valence-corrected chi connectivity index (χ2v) is 4.26. The van der Waals surface area contributed by atoms with Gasteiger partial charge in [0.1, 0.15) is 5.82 Å². The molecule has 0 spiro atoms. The second-order valence-electron chi connectivity index (χ2n) is 4.26. The molecule has 80 valence electrons. The van der Waals surface area contributed by atoms with Crippen molar-refractivity contribution in [3.8, 4) is 0 Å². The molecule has 1 aromatic carbocycles. The number of rotatable bonds is 3. The fourth-order valence-corrected chi connectivity index (χ4v) is 2.37. The molecule has 1 saturated carbocycles. The Bertz CT molecular complexity index is 385. The Balaban J connectivity index is 2.34. The highest BCUT2D eigenvalue weighted by Gasteiger charge is 2.41. The quantitative estimate of drug-likeness (QED) is 0.810. The predicted octanol–water partition coefficient (Wildman–Crippen LogP) is 2.12. The van der Waals surface area contributed by atoms with E-state index >= 15 is 0 Å². The Morgan fingerprint density at radius 2 is 2.07 bits per heavy atom. The number of carbonyl (C=O) groups is 1. The average molecular weight is 207 g/mol. The number of amides is 1. The molecule has 0 aliphatic heterocycles. The van der Waals surface area contributed by atoms with Gasteiger partial charge in [0.05, 0.1) is 0 Å². The molecule has 2 rings (SSSR count). The molecule has 0 atom stereocenters. The van der Waals surface area contributed by atoms with Crippen LogP contribution < -0.4 is 5.73 Å². The van der Waals surface area contributed by atoms with Gasteiger partial charge in [-0.15, -0.1) is 0 Å². The van der Waals surface area contributed by atoms with E-state index in [9.17, 15) is 9.18 Å². The Labute approximate surface area is 88.3 Å². The highest BCUT2D eigenvalue weighted by Crippen LogP contribution is 2.47. The summed E-state index contributed by atoms with van der Waals surface area (Å²) in [4.78, 5) is 11.0. The lowest BCUT2D eigenvalue weighted by atomic mass is 9.62. The molecular formula is C12H14FNO. The molecule has 1 aliphatic carbocycles. The van der Waals surface area contributed by atoms with Gasteiger partial charge in [-0.2, -0.15) is 0 Å². The van der Waals surface area contributed by atoms with Crippen LogP contribution in [-0.4, -0.2) is 5.91 Å². The Hall–Kier alpha value is -1.38. The fraction of sp³-hybridized carbons (Fsp3) is 0.417. The fourth-order valence-electron chi connectivity index (χ4n) is 2.37. The van der Waals surface area contributed by atoms with E-state index in [1.54, 1.807) is 18.2 Å². The van der Waals surface area contributed by atoms with E-state index in [1.807, 2.05) is 0 Å². The number of carbonyl (C=O) groups excluding carboxylic acids is 1. The van der Waals surface area contributed by atoms with Gasteiger partial charge >= 0.3 is 0 Å². The Morgan fingerprint density at radius 3 is 2.53 bits per heavy atom. The molecule has 0 unspecified atom stereocenters. The summed E-state index contributed by atoms with van der Waals surface area (Å²) in [7, 11) is 0. The summed E-state index contributed by atoms with van der Waals surface area (Å²) >= 11 is 0. The van der Waals surface area contributed by atoms with Crippen molar-refractivity contribution in [2.45, 2.75) is 31.1 Å². The first-order valence-electron chi connectivity index (χ1n) is 5.17. The minimum Gasteiger partial charge on any atom is -0.370 e. The highest BCUT2D eigenvalue weighted by molar-refractivity contribution is 5.75. The molecule has 0 heterocycles. The van der Waals surface area contributed by atoms with E-state index < -0.39 is 0 Å². The standard InChI is InChI=1S/C12H14FNO/c13-10-5-2-1-4-9(10)12(6-3-7-12)8-11(14)15/h1-2,4-5H,3,6-8H2,(H2,14,15). The smallest absolute Gasteiger partial charge is 0.218 e. The van der Waals surface area contributed by atoms with Crippen LogP contribution in [0.3, 0.4) is 0 Å². The summed E-state index contributed by atoms with van der Waals surface area (Å²) in [5, 5.41) is 0. The van der Waals surface area contributed by atoms with Crippen molar-refractivity contribution in [3.05, 3.63) is 35.6 Å². The SMILES string of the molecule is NC(=O)CC1(c2ccccc2F)CCC1. The van der Waals surface area contributed by atoms with Gasteiger partial charge in [0, 0.05) is 11.8 Å². The first-order valence-corrected chi connectivity index (χ1v) is 5.17. The van der Waals surface area contributed by atoms with Gasteiger partial charge in [0.15, 0.2) is 0 Å². The second kappa shape index (κ2) is 3.65. The van der Waals surface area contributed by atoms with Gasteiger partial charge in [-0.3, -0.25) is 4.79 Å². The Morgan fingerprint density at radius 1 is 1.40 bits per heavy atom. The van der Waals surface area contributed by atoms with Gasteiger partial charge in [0.2, 0.25) is 5.91 Å². The lowest BCUT2D eigenvalue weighted by Crippen LogP contribution is -2.39. The summed E-state index contributed by atoms with van der Waals surface area (Å²) in [5.74, 6) is -0.573. The monoisotopic (exact) mass is 207 g/mol. The van der Waals surface area contributed by atoms with Crippen LogP contribution in [0.5, 0.6) is 0 Å². The zero-order valence-electron chi connectivity index (χ0n) is 8.50. The van der Waals surface area contributed by atoms with E-state index in [0.717, 1.165) is 19.3 Å². The number of hydrogen-bond acceptors (Lipinski definition) is 1. The molecule has 0 bridgehead atoms. The number of hydrogen-bond donors (Lipinski definition) is 1. The number of nitrogens with two attached hydrogens (primary N) is 1. The molecule has 1 aromatic rings.